The second-order valence-electron chi connectivity index (χ2n) is 4.91. The van der Waals surface area contributed by atoms with E-state index in [0.717, 1.165) is 34.0 Å². The van der Waals surface area contributed by atoms with Crippen molar-refractivity contribution in [2.75, 3.05) is 0 Å². The SMILES string of the molecule is Cc1nnsc1C(=O)NCc1ccc2c(c1)nc(C)n2C. The maximum Gasteiger partial charge on any atom is 0.265 e. The molecular weight excluding hydrogens is 286 g/mol. The Balaban J connectivity index is 1.76. The number of nitrogens with one attached hydrogen (secondary N) is 1. The van der Waals surface area contributed by atoms with Gasteiger partial charge >= 0.3 is 0 Å². The lowest BCUT2D eigenvalue weighted by Crippen LogP contribution is -2.22. The average molecular weight is 301 g/mol. The second kappa shape index (κ2) is 5.25. The first-order chi connectivity index (χ1) is 10.1. The molecule has 0 radical (unpaired) electrons. The van der Waals surface area contributed by atoms with E-state index < -0.39 is 0 Å². The number of aryl methyl sites for hydroxylation is 3. The van der Waals surface area contributed by atoms with Crippen LogP contribution in [0.1, 0.15) is 26.8 Å². The number of amides is 1. The van der Waals surface area contributed by atoms with Gasteiger partial charge in [0.25, 0.3) is 5.91 Å². The number of rotatable bonds is 3. The molecule has 0 saturated heterocycles. The highest BCUT2D eigenvalue weighted by molar-refractivity contribution is 7.07. The van der Waals surface area contributed by atoms with Gasteiger partial charge in [0.05, 0.1) is 16.7 Å². The van der Waals surface area contributed by atoms with Crippen molar-refractivity contribution in [3.05, 3.63) is 40.2 Å². The van der Waals surface area contributed by atoms with Gasteiger partial charge in [-0.05, 0) is 43.1 Å². The van der Waals surface area contributed by atoms with Crippen LogP contribution in [0.25, 0.3) is 11.0 Å². The van der Waals surface area contributed by atoms with Crippen molar-refractivity contribution in [2.45, 2.75) is 20.4 Å². The lowest BCUT2D eigenvalue weighted by Gasteiger charge is -2.04. The summed E-state index contributed by atoms with van der Waals surface area (Å²) in [5, 5.41) is 6.73. The number of hydrogen-bond donors (Lipinski definition) is 1. The molecule has 0 aliphatic carbocycles. The van der Waals surface area contributed by atoms with Gasteiger partial charge in [-0.25, -0.2) is 4.98 Å². The molecule has 1 N–H and O–H groups in total. The Morgan fingerprint density at radius 2 is 2.19 bits per heavy atom. The summed E-state index contributed by atoms with van der Waals surface area (Å²) in [6, 6.07) is 6.03. The molecule has 3 aromatic rings. The van der Waals surface area contributed by atoms with E-state index in [1.165, 1.54) is 0 Å². The lowest BCUT2D eigenvalue weighted by atomic mass is 10.2. The molecule has 0 fully saturated rings. The third kappa shape index (κ3) is 2.52. The van der Waals surface area contributed by atoms with Gasteiger partial charge in [-0.3, -0.25) is 4.79 Å². The van der Waals surface area contributed by atoms with E-state index in [0.29, 0.717) is 17.1 Å². The number of carbonyl (C=O) groups excluding carboxylic acids is 1. The molecule has 3 rings (SSSR count). The van der Waals surface area contributed by atoms with Crippen LogP contribution in [-0.2, 0) is 13.6 Å². The molecule has 2 heterocycles. The number of aromatic nitrogens is 4. The van der Waals surface area contributed by atoms with Crippen molar-refractivity contribution in [3.63, 3.8) is 0 Å². The smallest absolute Gasteiger partial charge is 0.265 e. The van der Waals surface area contributed by atoms with Crippen LogP contribution in [0.15, 0.2) is 18.2 Å². The Hall–Kier alpha value is -2.28. The molecule has 0 aliphatic rings. The average Bonchev–Trinajstić information content (AvgIpc) is 3.01. The fourth-order valence-corrected chi connectivity index (χ4v) is 2.75. The molecule has 1 amide bonds. The van der Waals surface area contributed by atoms with Crippen molar-refractivity contribution >= 4 is 28.5 Å². The van der Waals surface area contributed by atoms with Crippen LogP contribution in [0.5, 0.6) is 0 Å². The normalized spacial score (nSPS) is 11.0. The fourth-order valence-electron chi connectivity index (χ4n) is 2.18. The van der Waals surface area contributed by atoms with Gasteiger partial charge < -0.3 is 9.88 Å². The molecule has 21 heavy (non-hydrogen) atoms. The zero-order chi connectivity index (χ0) is 15.0. The van der Waals surface area contributed by atoms with E-state index in [4.69, 9.17) is 0 Å². The van der Waals surface area contributed by atoms with Crippen molar-refractivity contribution in [3.8, 4) is 0 Å². The first-order valence-electron chi connectivity index (χ1n) is 6.55. The number of carbonyl (C=O) groups is 1. The van der Waals surface area contributed by atoms with Crippen LogP contribution >= 0.6 is 11.5 Å². The fraction of sp³-hybridized carbons (Fsp3) is 0.286. The van der Waals surface area contributed by atoms with Gasteiger partial charge in [0, 0.05) is 13.6 Å². The van der Waals surface area contributed by atoms with E-state index >= 15 is 0 Å². The number of hydrogen-bond acceptors (Lipinski definition) is 5. The summed E-state index contributed by atoms with van der Waals surface area (Å²) < 4.78 is 5.81. The van der Waals surface area contributed by atoms with Crippen molar-refractivity contribution in [1.29, 1.82) is 0 Å². The Kier molecular flexibility index (Phi) is 3.42. The van der Waals surface area contributed by atoms with Crippen LogP contribution in [0.4, 0.5) is 0 Å². The molecule has 0 aliphatic heterocycles. The Bertz CT molecular complexity index is 820. The predicted molar refractivity (Wildman–Crippen MR) is 81.3 cm³/mol. The number of nitrogens with zero attached hydrogens (tertiary/aromatic N) is 4. The Morgan fingerprint density at radius 3 is 2.90 bits per heavy atom. The van der Waals surface area contributed by atoms with E-state index in [9.17, 15) is 4.79 Å². The summed E-state index contributed by atoms with van der Waals surface area (Å²) in [5.74, 6) is 0.831. The van der Waals surface area contributed by atoms with Gasteiger partial charge in [0.15, 0.2) is 0 Å². The molecule has 108 valence electrons. The minimum absolute atomic E-state index is 0.139. The van der Waals surface area contributed by atoms with Crippen LogP contribution in [0.3, 0.4) is 0 Å². The van der Waals surface area contributed by atoms with Crippen LogP contribution in [-0.4, -0.2) is 25.0 Å². The van der Waals surface area contributed by atoms with Crippen molar-refractivity contribution in [1.82, 2.24) is 24.5 Å². The molecule has 0 unspecified atom stereocenters. The monoisotopic (exact) mass is 301 g/mol. The van der Waals surface area contributed by atoms with Crippen LogP contribution < -0.4 is 5.32 Å². The molecule has 1 aromatic carbocycles. The first kappa shape index (κ1) is 13.7. The van der Waals surface area contributed by atoms with E-state index in [-0.39, 0.29) is 5.91 Å². The number of imidazole rings is 1. The van der Waals surface area contributed by atoms with Gasteiger partial charge in [0.2, 0.25) is 0 Å². The first-order valence-corrected chi connectivity index (χ1v) is 7.32. The van der Waals surface area contributed by atoms with Crippen molar-refractivity contribution < 1.29 is 4.79 Å². The Morgan fingerprint density at radius 1 is 1.38 bits per heavy atom. The van der Waals surface area contributed by atoms with E-state index in [2.05, 4.69) is 19.9 Å². The maximum absolute atomic E-state index is 12.0. The van der Waals surface area contributed by atoms with Gasteiger partial charge in [-0.1, -0.05) is 10.6 Å². The molecule has 6 nitrogen and oxygen atoms in total. The van der Waals surface area contributed by atoms with Crippen LogP contribution in [0, 0.1) is 13.8 Å². The molecule has 0 saturated carbocycles. The third-order valence-electron chi connectivity index (χ3n) is 3.48. The van der Waals surface area contributed by atoms with Gasteiger partial charge in [-0.15, -0.1) is 5.10 Å². The Labute approximate surface area is 126 Å². The molecule has 0 spiro atoms. The maximum atomic E-state index is 12.0. The minimum atomic E-state index is -0.139. The summed E-state index contributed by atoms with van der Waals surface area (Å²) in [5.41, 5.74) is 3.71. The predicted octanol–water partition coefficient (Wildman–Crippen LogP) is 1.97. The molecule has 0 bridgehead atoms. The zero-order valence-corrected chi connectivity index (χ0v) is 12.9. The molecule has 0 atom stereocenters. The summed E-state index contributed by atoms with van der Waals surface area (Å²) in [7, 11) is 1.99. The second-order valence-corrected chi connectivity index (χ2v) is 5.67. The molecular formula is C14H15N5OS. The molecule has 7 heteroatoms. The topological polar surface area (TPSA) is 72.7 Å². The summed E-state index contributed by atoms with van der Waals surface area (Å²) in [6.45, 7) is 4.21. The third-order valence-corrected chi connectivity index (χ3v) is 4.31. The zero-order valence-electron chi connectivity index (χ0n) is 12.0. The number of benzene rings is 1. The molecule has 2 aromatic heterocycles. The summed E-state index contributed by atoms with van der Waals surface area (Å²) in [6.07, 6.45) is 0. The van der Waals surface area contributed by atoms with E-state index in [1.807, 2.05) is 36.7 Å². The van der Waals surface area contributed by atoms with E-state index in [1.54, 1.807) is 6.92 Å². The largest absolute Gasteiger partial charge is 0.347 e. The highest BCUT2D eigenvalue weighted by Crippen LogP contribution is 2.16. The van der Waals surface area contributed by atoms with Crippen molar-refractivity contribution in [2.24, 2.45) is 7.05 Å². The summed E-state index contributed by atoms with van der Waals surface area (Å²) >= 11 is 1.11. The minimum Gasteiger partial charge on any atom is -0.347 e. The van der Waals surface area contributed by atoms with Crippen LogP contribution in [0.2, 0.25) is 0 Å². The highest BCUT2D eigenvalue weighted by Gasteiger charge is 2.13. The lowest BCUT2D eigenvalue weighted by molar-refractivity contribution is 0.0954. The quantitative estimate of drug-likeness (QED) is 0.803. The highest BCUT2D eigenvalue weighted by atomic mass is 32.1. The standard InChI is InChI=1S/C14H15N5OS/c1-8-13(21-18-17-8)14(20)15-7-10-4-5-12-11(6-10)16-9(2)19(12)3/h4-6H,7H2,1-3H3,(H,15,20). The van der Waals surface area contributed by atoms with Gasteiger partial charge in [0.1, 0.15) is 10.7 Å². The number of fused-ring (bicyclic) bond motifs is 1. The van der Waals surface area contributed by atoms with Gasteiger partial charge in [-0.2, -0.15) is 0 Å². The summed E-state index contributed by atoms with van der Waals surface area (Å²) in [4.78, 5) is 17.1.